The summed E-state index contributed by atoms with van der Waals surface area (Å²) in [4.78, 5) is 16.3. The topological polar surface area (TPSA) is 161 Å². The lowest BCUT2D eigenvalue weighted by atomic mass is 10.1. The number of sulfonamides is 1. The molecule has 0 atom stereocenters. The van der Waals surface area contributed by atoms with Gasteiger partial charge in [0.05, 0.1) is 23.7 Å². The molecular weight excluding hydrogens is 378 g/mol. The largest absolute Gasteiger partial charge is 0.493 e. The SMILES string of the molecule is CCOc1ccc(S(=O)(=O)NC2CN(CCCO[N+](=O)[O-])C2)cc1C(=N)N. The molecule has 1 aliphatic heterocycles. The van der Waals surface area contributed by atoms with Gasteiger partial charge in [-0.15, -0.1) is 10.1 Å². The van der Waals surface area contributed by atoms with Gasteiger partial charge in [-0.1, -0.05) is 0 Å². The van der Waals surface area contributed by atoms with Gasteiger partial charge in [-0.05, 0) is 31.5 Å². The van der Waals surface area contributed by atoms with Crippen LogP contribution in [-0.4, -0.2) is 63.1 Å². The van der Waals surface area contributed by atoms with Gasteiger partial charge >= 0.3 is 0 Å². The number of benzene rings is 1. The number of nitrogens with one attached hydrogen (secondary N) is 2. The maximum absolute atomic E-state index is 12.5. The first-order chi connectivity index (χ1) is 12.7. The molecule has 2 rings (SSSR count). The molecule has 1 heterocycles. The van der Waals surface area contributed by atoms with E-state index in [0.29, 0.717) is 38.4 Å². The zero-order valence-corrected chi connectivity index (χ0v) is 15.7. The van der Waals surface area contributed by atoms with Crippen molar-refractivity contribution in [3.63, 3.8) is 0 Å². The normalized spacial score (nSPS) is 15.1. The molecule has 1 aromatic carbocycles. The van der Waals surface area contributed by atoms with Crippen LogP contribution in [0.25, 0.3) is 0 Å². The van der Waals surface area contributed by atoms with Gasteiger partial charge in [-0.25, -0.2) is 13.1 Å². The van der Waals surface area contributed by atoms with Crippen LogP contribution in [0.1, 0.15) is 18.9 Å². The molecular formula is C15H23N5O6S. The van der Waals surface area contributed by atoms with Crippen LogP contribution in [-0.2, 0) is 14.9 Å². The average Bonchev–Trinajstić information content (AvgIpc) is 2.55. The first-order valence-corrected chi connectivity index (χ1v) is 9.84. The van der Waals surface area contributed by atoms with Gasteiger partial charge in [0.15, 0.2) is 0 Å². The number of hydrogen-bond donors (Lipinski definition) is 3. The Kier molecular flexibility index (Phi) is 6.93. The number of nitrogen functional groups attached to an aromatic ring is 1. The van der Waals surface area contributed by atoms with Gasteiger partial charge in [0.2, 0.25) is 10.0 Å². The second-order valence-corrected chi connectivity index (χ2v) is 7.71. The van der Waals surface area contributed by atoms with Crippen molar-refractivity contribution in [3.05, 3.63) is 33.9 Å². The van der Waals surface area contributed by atoms with Crippen LogP contribution in [0.5, 0.6) is 5.75 Å². The number of amidine groups is 1. The average molecular weight is 401 g/mol. The maximum atomic E-state index is 12.5. The molecule has 1 aromatic rings. The Balaban J connectivity index is 1.91. The van der Waals surface area contributed by atoms with Crippen molar-refractivity contribution in [2.75, 3.05) is 32.8 Å². The Bertz CT molecular complexity index is 794. The zero-order valence-electron chi connectivity index (χ0n) is 14.9. The Morgan fingerprint density at radius 3 is 2.78 bits per heavy atom. The third kappa shape index (κ3) is 5.77. The molecule has 11 nitrogen and oxygen atoms in total. The van der Waals surface area contributed by atoms with Crippen LogP contribution in [0.15, 0.2) is 23.1 Å². The smallest absolute Gasteiger partial charge is 0.294 e. The lowest BCUT2D eigenvalue weighted by molar-refractivity contribution is -0.757. The van der Waals surface area contributed by atoms with Crippen molar-refractivity contribution in [1.29, 1.82) is 5.41 Å². The van der Waals surface area contributed by atoms with Crippen LogP contribution < -0.4 is 15.2 Å². The van der Waals surface area contributed by atoms with E-state index in [-0.39, 0.29) is 28.9 Å². The number of nitrogens with zero attached hydrogens (tertiary/aromatic N) is 2. The molecule has 0 saturated carbocycles. The van der Waals surface area contributed by atoms with Crippen molar-refractivity contribution in [2.45, 2.75) is 24.3 Å². The molecule has 0 radical (unpaired) electrons. The van der Waals surface area contributed by atoms with E-state index in [2.05, 4.69) is 9.56 Å². The van der Waals surface area contributed by atoms with Gasteiger partial charge in [0.1, 0.15) is 11.6 Å². The first-order valence-electron chi connectivity index (χ1n) is 8.36. The van der Waals surface area contributed by atoms with Crippen LogP contribution in [0.4, 0.5) is 0 Å². The molecule has 4 N–H and O–H groups in total. The van der Waals surface area contributed by atoms with Gasteiger partial charge in [-0.2, -0.15) is 0 Å². The molecule has 1 fully saturated rings. The van der Waals surface area contributed by atoms with E-state index in [0.717, 1.165) is 0 Å². The standard InChI is InChI=1S/C15H23N5O6S/c1-2-25-14-5-4-12(8-13(14)15(16)17)27(23,24)18-11-9-19(10-11)6-3-7-26-20(21)22/h4-5,8,11,18H,2-3,6-7,9-10H2,1H3,(H3,16,17). The summed E-state index contributed by atoms with van der Waals surface area (Å²) in [5.41, 5.74) is 5.74. The molecule has 27 heavy (non-hydrogen) atoms. The third-order valence-electron chi connectivity index (χ3n) is 3.95. The van der Waals surface area contributed by atoms with Crippen LogP contribution in [0, 0.1) is 15.5 Å². The van der Waals surface area contributed by atoms with Crippen molar-refractivity contribution in [2.24, 2.45) is 5.73 Å². The summed E-state index contributed by atoms with van der Waals surface area (Å²) in [6, 6.07) is 3.96. The van der Waals surface area contributed by atoms with Gasteiger partial charge < -0.3 is 20.2 Å². The summed E-state index contributed by atoms with van der Waals surface area (Å²) in [7, 11) is -3.77. The highest BCUT2D eigenvalue weighted by Crippen LogP contribution is 2.23. The number of ether oxygens (including phenoxy) is 1. The monoisotopic (exact) mass is 401 g/mol. The lowest BCUT2D eigenvalue weighted by Crippen LogP contribution is -2.59. The van der Waals surface area contributed by atoms with Gasteiger partial charge in [0.25, 0.3) is 5.09 Å². The van der Waals surface area contributed by atoms with E-state index in [4.69, 9.17) is 15.9 Å². The molecule has 150 valence electrons. The lowest BCUT2D eigenvalue weighted by Gasteiger charge is -2.39. The predicted octanol–water partition coefficient (Wildman–Crippen LogP) is -0.0697. The highest BCUT2D eigenvalue weighted by molar-refractivity contribution is 7.89. The predicted molar refractivity (Wildman–Crippen MR) is 96.7 cm³/mol. The zero-order chi connectivity index (χ0) is 20.0. The quantitative estimate of drug-likeness (QED) is 0.153. The van der Waals surface area contributed by atoms with Crippen molar-refractivity contribution in [3.8, 4) is 5.75 Å². The number of likely N-dealkylation sites (tertiary alicyclic amines) is 1. The second-order valence-electron chi connectivity index (χ2n) is 5.99. The Labute approximate surface area is 157 Å². The minimum absolute atomic E-state index is 0.00832. The highest BCUT2D eigenvalue weighted by Gasteiger charge is 2.30. The Hall–Kier alpha value is -2.44. The fourth-order valence-electron chi connectivity index (χ4n) is 2.71. The molecule has 0 unspecified atom stereocenters. The van der Waals surface area contributed by atoms with Crippen LogP contribution in [0.3, 0.4) is 0 Å². The summed E-state index contributed by atoms with van der Waals surface area (Å²) < 4.78 is 33.1. The van der Waals surface area contributed by atoms with E-state index in [1.807, 2.05) is 4.90 Å². The molecule has 0 bridgehead atoms. The van der Waals surface area contributed by atoms with E-state index in [9.17, 15) is 18.5 Å². The summed E-state index contributed by atoms with van der Waals surface area (Å²) in [6.07, 6.45) is 0.487. The molecule has 12 heteroatoms. The molecule has 1 aliphatic rings. The number of nitrogens with two attached hydrogens (primary N) is 1. The second kappa shape index (κ2) is 8.97. The number of rotatable bonds is 11. The summed E-state index contributed by atoms with van der Waals surface area (Å²) in [5.74, 6) is 0.0815. The molecule has 1 saturated heterocycles. The van der Waals surface area contributed by atoms with Crippen molar-refractivity contribution < 1.29 is 23.1 Å². The number of hydrogen-bond acceptors (Lipinski definition) is 8. The summed E-state index contributed by atoms with van der Waals surface area (Å²) in [6.45, 7) is 3.77. The van der Waals surface area contributed by atoms with Crippen molar-refractivity contribution in [1.82, 2.24) is 9.62 Å². The first kappa shape index (κ1) is 20.9. The van der Waals surface area contributed by atoms with Gasteiger partial charge in [-0.3, -0.25) is 5.41 Å². The summed E-state index contributed by atoms with van der Waals surface area (Å²) in [5, 5.41) is 16.8. The van der Waals surface area contributed by atoms with E-state index >= 15 is 0 Å². The maximum Gasteiger partial charge on any atom is 0.294 e. The van der Waals surface area contributed by atoms with Crippen LogP contribution in [0.2, 0.25) is 0 Å². The van der Waals surface area contributed by atoms with Crippen LogP contribution >= 0.6 is 0 Å². The minimum Gasteiger partial charge on any atom is -0.493 e. The van der Waals surface area contributed by atoms with Gasteiger partial charge in [0, 0.05) is 25.7 Å². The van der Waals surface area contributed by atoms with E-state index < -0.39 is 15.1 Å². The Morgan fingerprint density at radius 1 is 1.48 bits per heavy atom. The van der Waals surface area contributed by atoms with E-state index in [1.54, 1.807) is 6.92 Å². The molecule has 0 aromatic heterocycles. The fraction of sp³-hybridized carbons (Fsp3) is 0.533. The molecule has 0 spiro atoms. The highest BCUT2D eigenvalue weighted by atomic mass is 32.2. The summed E-state index contributed by atoms with van der Waals surface area (Å²) >= 11 is 0. The third-order valence-corrected chi connectivity index (χ3v) is 5.46. The van der Waals surface area contributed by atoms with Crippen molar-refractivity contribution >= 4 is 15.9 Å². The van der Waals surface area contributed by atoms with E-state index in [1.165, 1.54) is 18.2 Å². The fourth-order valence-corrected chi connectivity index (χ4v) is 3.95. The Morgan fingerprint density at radius 2 is 2.19 bits per heavy atom. The molecule has 0 aliphatic carbocycles. The minimum atomic E-state index is -3.77. The molecule has 0 amide bonds.